The molecule has 2 fully saturated rings. The van der Waals surface area contributed by atoms with Gasteiger partial charge in [0.05, 0.1) is 5.76 Å². The summed E-state index contributed by atoms with van der Waals surface area (Å²) in [6.45, 7) is 15.7. The lowest BCUT2D eigenvalue weighted by molar-refractivity contribution is -0.0628. The summed E-state index contributed by atoms with van der Waals surface area (Å²) in [6.07, 6.45) is 2.42. The molecular formula is C13H22O. The zero-order valence-corrected chi connectivity index (χ0v) is 10.1. The lowest BCUT2D eigenvalue weighted by Crippen LogP contribution is -2.45. The highest BCUT2D eigenvalue weighted by molar-refractivity contribution is 5.27. The van der Waals surface area contributed by atoms with Gasteiger partial charge in [0.1, 0.15) is 5.60 Å². The van der Waals surface area contributed by atoms with Crippen molar-refractivity contribution in [2.75, 3.05) is 0 Å². The molecule has 0 N–H and O–H groups in total. The zero-order valence-electron chi connectivity index (χ0n) is 10.1. The molecule has 1 nitrogen and oxygen atoms in total. The summed E-state index contributed by atoms with van der Waals surface area (Å²) in [6, 6.07) is 0. The minimum absolute atomic E-state index is 0.0405. The highest BCUT2D eigenvalue weighted by Gasteiger charge is 2.70. The Kier molecular flexibility index (Phi) is 1.71. The van der Waals surface area contributed by atoms with Gasteiger partial charge in [-0.05, 0) is 18.8 Å². The lowest BCUT2D eigenvalue weighted by atomic mass is 9.63. The molecule has 14 heavy (non-hydrogen) atoms. The van der Waals surface area contributed by atoms with Crippen LogP contribution in [0.15, 0.2) is 12.3 Å². The molecule has 2 aliphatic rings. The predicted octanol–water partition coefficient (Wildman–Crippen LogP) is 3.75. The summed E-state index contributed by atoms with van der Waals surface area (Å²) in [5, 5.41) is 0. The molecule has 2 bridgehead atoms. The van der Waals surface area contributed by atoms with E-state index < -0.39 is 0 Å². The second-order valence-electron chi connectivity index (χ2n) is 6.03. The summed E-state index contributed by atoms with van der Waals surface area (Å²) in [4.78, 5) is 0. The van der Waals surface area contributed by atoms with E-state index in [1.165, 1.54) is 12.8 Å². The maximum atomic E-state index is 6.13. The van der Waals surface area contributed by atoms with Crippen molar-refractivity contribution in [2.45, 2.75) is 53.1 Å². The summed E-state index contributed by atoms with van der Waals surface area (Å²) >= 11 is 0. The van der Waals surface area contributed by atoms with Gasteiger partial charge in [0, 0.05) is 10.8 Å². The largest absolute Gasteiger partial charge is 0.491 e. The van der Waals surface area contributed by atoms with Gasteiger partial charge >= 0.3 is 0 Å². The van der Waals surface area contributed by atoms with Gasteiger partial charge in [0.15, 0.2) is 0 Å². The quantitative estimate of drug-likeness (QED) is 0.617. The van der Waals surface area contributed by atoms with Crippen LogP contribution in [0.2, 0.25) is 0 Å². The molecule has 0 spiro atoms. The van der Waals surface area contributed by atoms with E-state index in [4.69, 9.17) is 4.74 Å². The van der Waals surface area contributed by atoms with E-state index >= 15 is 0 Å². The third kappa shape index (κ3) is 0.743. The standard InChI is InChI=1S/C13H22O/c1-9(2)13-8-7-12(6,10(3)14-13)11(13,4)5/h9H,3,7-8H2,1-2,4-6H3. The number of hydrogen-bond donors (Lipinski definition) is 0. The van der Waals surface area contributed by atoms with Crippen molar-refractivity contribution < 1.29 is 4.74 Å². The Morgan fingerprint density at radius 3 is 2.00 bits per heavy atom. The van der Waals surface area contributed by atoms with Crippen LogP contribution in [0.1, 0.15) is 47.5 Å². The third-order valence-electron chi connectivity index (χ3n) is 5.29. The van der Waals surface area contributed by atoms with Gasteiger partial charge in [-0.15, -0.1) is 0 Å². The number of ether oxygens (including phenoxy) is 1. The average Bonchev–Trinajstić information content (AvgIpc) is 2.34. The Hall–Kier alpha value is -0.460. The van der Waals surface area contributed by atoms with Crippen molar-refractivity contribution in [3.63, 3.8) is 0 Å². The van der Waals surface area contributed by atoms with Crippen LogP contribution in [0.3, 0.4) is 0 Å². The first kappa shape index (κ1) is 10.1. The molecule has 0 radical (unpaired) electrons. The summed E-state index contributed by atoms with van der Waals surface area (Å²) < 4.78 is 6.13. The molecule has 0 aromatic carbocycles. The maximum Gasteiger partial charge on any atom is 0.117 e. The van der Waals surface area contributed by atoms with Crippen molar-refractivity contribution in [1.82, 2.24) is 0 Å². The molecule has 2 rings (SSSR count). The molecule has 2 atom stereocenters. The Morgan fingerprint density at radius 1 is 1.21 bits per heavy atom. The molecule has 0 aromatic heterocycles. The fourth-order valence-electron chi connectivity index (χ4n) is 3.65. The minimum Gasteiger partial charge on any atom is -0.491 e. The molecule has 0 aromatic rings. The predicted molar refractivity (Wildman–Crippen MR) is 58.9 cm³/mol. The first-order valence-electron chi connectivity index (χ1n) is 5.66. The van der Waals surface area contributed by atoms with Crippen LogP contribution in [-0.4, -0.2) is 5.60 Å². The van der Waals surface area contributed by atoms with E-state index in [0.717, 1.165) is 5.76 Å². The number of allylic oxidation sites excluding steroid dienone is 1. The maximum absolute atomic E-state index is 6.13. The third-order valence-corrected chi connectivity index (χ3v) is 5.29. The topological polar surface area (TPSA) is 9.23 Å². The van der Waals surface area contributed by atoms with E-state index in [0.29, 0.717) is 5.92 Å². The molecule has 2 unspecified atom stereocenters. The molecule has 1 aliphatic heterocycles. The van der Waals surface area contributed by atoms with Crippen LogP contribution >= 0.6 is 0 Å². The van der Waals surface area contributed by atoms with E-state index in [-0.39, 0.29) is 16.4 Å². The van der Waals surface area contributed by atoms with Crippen molar-refractivity contribution in [1.29, 1.82) is 0 Å². The normalized spacial score (nSPS) is 44.6. The van der Waals surface area contributed by atoms with Crippen molar-refractivity contribution >= 4 is 0 Å². The smallest absolute Gasteiger partial charge is 0.117 e. The van der Waals surface area contributed by atoms with Gasteiger partial charge in [-0.3, -0.25) is 0 Å². The second-order valence-corrected chi connectivity index (χ2v) is 6.03. The number of hydrogen-bond acceptors (Lipinski definition) is 1. The molecular weight excluding hydrogens is 172 g/mol. The first-order chi connectivity index (χ1) is 6.28. The minimum atomic E-state index is 0.0405. The molecule has 1 heteroatoms. The highest BCUT2D eigenvalue weighted by Crippen LogP contribution is 2.70. The van der Waals surface area contributed by atoms with Gasteiger partial charge < -0.3 is 4.74 Å². The summed E-state index contributed by atoms with van der Waals surface area (Å²) in [5.74, 6) is 1.58. The Morgan fingerprint density at radius 2 is 1.79 bits per heavy atom. The fraction of sp³-hybridized carbons (Fsp3) is 0.846. The Balaban J connectivity index is 2.54. The Labute approximate surface area is 87.5 Å². The molecule has 1 heterocycles. The van der Waals surface area contributed by atoms with Crippen LogP contribution < -0.4 is 0 Å². The van der Waals surface area contributed by atoms with Crippen molar-refractivity contribution in [3.8, 4) is 0 Å². The van der Waals surface area contributed by atoms with Gasteiger partial charge in [-0.2, -0.15) is 0 Å². The van der Waals surface area contributed by atoms with Crippen LogP contribution in [0.25, 0.3) is 0 Å². The Bertz CT molecular complexity index is 290. The van der Waals surface area contributed by atoms with Crippen LogP contribution in [0, 0.1) is 16.7 Å². The van der Waals surface area contributed by atoms with Crippen LogP contribution in [0.4, 0.5) is 0 Å². The van der Waals surface area contributed by atoms with Gasteiger partial charge in [0.2, 0.25) is 0 Å². The first-order valence-corrected chi connectivity index (χ1v) is 5.66. The molecule has 80 valence electrons. The average molecular weight is 194 g/mol. The highest BCUT2D eigenvalue weighted by atomic mass is 16.5. The molecule has 1 saturated carbocycles. The fourth-order valence-corrected chi connectivity index (χ4v) is 3.65. The summed E-state index contributed by atoms with van der Waals surface area (Å²) in [5.41, 5.74) is 0.460. The monoisotopic (exact) mass is 194 g/mol. The van der Waals surface area contributed by atoms with Crippen molar-refractivity contribution in [2.24, 2.45) is 16.7 Å². The molecule has 1 saturated heterocycles. The van der Waals surface area contributed by atoms with Crippen LogP contribution in [-0.2, 0) is 4.74 Å². The van der Waals surface area contributed by atoms with Gasteiger partial charge in [-0.25, -0.2) is 0 Å². The lowest BCUT2D eigenvalue weighted by Gasteiger charge is -2.40. The van der Waals surface area contributed by atoms with E-state index in [1.54, 1.807) is 0 Å². The van der Waals surface area contributed by atoms with Gasteiger partial charge in [0.25, 0.3) is 0 Å². The zero-order chi connectivity index (χ0) is 10.8. The number of fused-ring (bicyclic) bond motifs is 2. The van der Waals surface area contributed by atoms with E-state index in [1.807, 2.05) is 0 Å². The second kappa shape index (κ2) is 2.37. The van der Waals surface area contributed by atoms with Crippen LogP contribution in [0.5, 0.6) is 0 Å². The summed E-state index contributed by atoms with van der Waals surface area (Å²) in [7, 11) is 0. The van der Waals surface area contributed by atoms with E-state index in [2.05, 4.69) is 41.2 Å². The van der Waals surface area contributed by atoms with Crippen molar-refractivity contribution in [3.05, 3.63) is 12.3 Å². The molecule has 1 aliphatic carbocycles. The van der Waals surface area contributed by atoms with Gasteiger partial charge in [-0.1, -0.05) is 41.2 Å². The molecule has 0 amide bonds. The number of rotatable bonds is 1. The SMILES string of the molecule is C=C1OC2(C(C)C)CCC1(C)C2(C)C. The van der Waals surface area contributed by atoms with E-state index in [9.17, 15) is 0 Å².